The minimum Gasteiger partial charge on any atom is -0.343 e. The Bertz CT molecular complexity index is 1130. The third-order valence-electron chi connectivity index (χ3n) is 5.66. The van der Waals surface area contributed by atoms with Gasteiger partial charge in [-0.05, 0) is 60.7 Å². The van der Waals surface area contributed by atoms with Gasteiger partial charge in [-0.1, -0.05) is 30.3 Å². The summed E-state index contributed by atoms with van der Waals surface area (Å²) in [6.45, 7) is 0. The summed E-state index contributed by atoms with van der Waals surface area (Å²) in [6.07, 6.45) is -0.666. The molecule has 1 saturated carbocycles. The predicted octanol–water partition coefficient (Wildman–Crippen LogP) is 5.45. The zero-order chi connectivity index (χ0) is 22.1. The topological polar surface area (TPSA) is 65.8 Å². The van der Waals surface area contributed by atoms with E-state index >= 15 is 0 Å². The molecule has 1 fully saturated rings. The highest BCUT2D eigenvalue weighted by atomic mass is 19.4. The number of rotatable bonds is 4. The molecule has 1 N–H and O–H groups in total. The number of pyridine rings is 1. The third-order valence-corrected chi connectivity index (χ3v) is 5.66. The molecule has 3 aromatic rings. The fourth-order valence-electron chi connectivity index (χ4n) is 3.72. The van der Waals surface area contributed by atoms with Gasteiger partial charge in [0, 0.05) is 17.3 Å². The molecule has 0 spiro atoms. The first-order valence-corrected chi connectivity index (χ1v) is 9.78. The fraction of sp³-hybridized carbons (Fsp3) is 0.208. The lowest BCUT2D eigenvalue weighted by Gasteiger charge is -2.43. The van der Waals surface area contributed by atoms with Crippen molar-refractivity contribution in [2.75, 3.05) is 0 Å². The number of hydrogen-bond acceptors (Lipinski definition) is 3. The molecule has 4 nitrogen and oxygen atoms in total. The molecular weight excluding hydrogens is 403 g/mol. The second-order valence-electron chi connectivity index (χ2n) is 7.59. The number of nitrogens with zero attached hydrogens (tertiary/aromatic N) is 2. The van der Waals surface area contributed by atoms with Gasteiger partial charge >= 0.3 is 6.18 Å². The van der Waals surface area contributed by atoms with Crippen LogP contribution >= 0.6 is 0 Å². The third kappa shape index (κ3) is 4.15. The van der Waals surface area contributed by atoms with Crippen LogP contribution in [-0.2, 0) is 11.7 Å². The number of nitriles is 1. The van der Waals surface area contributed by atoms with E-state index in [1.54, 1.807) is 24.3 Å². The van der Waals surface area contributed by atoms with Crippen LogP contribution in [0, 0.1) is 11.3 Å². The molecule has 7 heteroatoms. The van der Waals surface area contributed by atoms with Crippen LogP contribution in [0.15, 0.2) is 66.9 Å². The van der Waals surface area contributed by atoms with Crippen LogP contribution in [-0.4, -0.2) is 10.9 Å². The average molecular weight is 421 g/mol. The molecule has 1 heterocycles. The maximum Gasteiger partial charge on any atom is 0.433 e. The van der Waals surface area contributed by atoms with Gasteiger partial charge in [0.1, 0.15) is 5.69 Å². The number of carbonyl (C=O) groups is 1. The fourth-order valence-corrected chi connectivity index (χ4v) is 3.72. The maximum atomic E-state index is 12.7. The number of hydrogen-bond donors (Lipinski definition) is 1. The first kappa shape index (κ1) is 20.6. The van der Waals surface area contributed by atoms with Crippen LogP contribution in [0.5, 0.6) is 0 Å². The van der Waals surface area contributed by atoms with Crippen LogP contribution in [0.3, 0.4) is 0 Å². The van der Waals surface area contributed by atoms with E-state index in [0.29, 0.717) is 16.7 Å². The van der Waals surface area contributed by atoms with Gasteiger partial charge < -0.3 is 5.32 Å². The minimum atomic E-state index is -4.47. The molecule has 31 heavy (non-hydrogen) atoms. The number of amides is 1. The highest BCUT2D eigenvalue weighted by Gasteiger charge is 2.40. The van der Waals surface area contributed by atoms with E-state index in [1.165, 1.54) is 12.3 Å². The Labute approximate surface area is 177 Å². The second kappa shape index (κ2) is 7.88. The first-order valence-electron chi connectivity index (χ1n) is 9.78. The van der Waals surface area contributed by atoms with Gasteiger partial charge in [-0.25, -0.2) is 0 Å². The van der Waals surface area contributed by atoms with E-state index in [9.17, 15) is 18.0 Å². The standard InChI is InChI=1S/C24H18F3N3O/c25-24(26,27)21-11-8-19(15-29-21)17-6-9-20(10-7-17)23(12-1-13-23)30-22(31)18-4-2-16(14-28)3-5-18/h2-11,15H,1,12-13H2,(H,30,31). The summed E-state index contributed by atoms with van der Waals surface area (Å²) >= 11 is 0. The monoisotopic (exact) mass is 421 g/mol. The molecule has 1 aromatic heterocycles. The molecule has 0 saturated heterocycles. The Hall–Kier alpha value is -3.66. The Morgan fingerprint density at radius 2 is 1.61 bits per heavy atom. The largest absolute Gasteiger partial charge is 0.433 e. The highest BCUT2D eigenvalue weighted by Crippen LogP contribution is 2.42. The normalized spacial score (nSPS) is 14.9. The van der Waals surface area contributed by atoms with E-state index in [2.05, 4.69) is 10.3 Å². The lowest BCUT2D eigenvalue weighted by molar-refractivity contribution is -0.141. The summed E-state index contributed by atoms with van der Waals surface area (Å²) in [5.74, 6) is -0.208. The van der Waals surface area contributed by atoms with Crippen LogP contribution in [0.2, 0.25) is 0 Å². The van der Waals surface area contributed by atoms with E-state index in [0.717, 1.165) is 36.5 Å². The van der Waals surface area contributed by atoms with E-state index in [-0.39, 0.29) is 5.91 Å². The zero-order valence-corrected chi connectivity index (χ0v) is 16.4. The molecule has 0 aliphatic heterocycles. The zero-order valence-electron chi connectivity index (χ0n) is 16.4. The van der Waals surface area contributed by atoms with E-state index < -0.39 is 17.4 Å². The summed E-state index contributed by atoms with van der Waals surface area (Å²) in [7, 11) is 0. The molecule has 4 rings (SSSR count). The molecule has 156 valence electrons. The van der Waals surface area contributed by atoms with Crippen LogP contribution in [0.4, 0.5) is 13.2 Å². The molecule has 0 atom stereocenters. The van der Waals surface area contributed by atoms with Crippen molar-refractivity contribution in [3.8, 4) is 17.2 Å². The van der Waals surface area contributed by atoms with Gasteiger partial charge in [0.25, 0.3) is 5.91 Å². The van der Waals surface area contributed by atoms with Gasteiger partial charge in [-0.3, -0.25) is 9.78 Å². The van der Waals surface area contributed by atoms with Crippen molar-refractivity contribution in [2.45, 2.75) is 31.0 Å². The lowest BCUT2D eigenvalue weighted by atomic mass is 9.71. The Kier molecular flexibility index (Phi) is 5.24. The molecule has 1 aliphatic carbocycles. The number of alkyl halides is 3. The maximum absolute atomic E-state index is 12.7. The van der Waals surface area contributed by atoms with Crippen molar-refractivity contribution < 1.29 is 18.0 Å². The molecule has 0 bridgehead atoms. The summed E-state index contributed by atoms with van der Waals surface area (Å²) in [5.41, 5.74) is 1.86. The van der Waals surface area contributed by atoms with Crippen molar-refractivity contribution in [2.24, 2.45) is 0 Å². The van der Waals surface area contributed by atoms with Crippen molar-refractivity contribution in [1.82, 2.24) is 10.3 Å². The molecule has 2 aromatic carbocycles. The van der Waals surface area contributed by atoms with Crippen molar-refractivity contribution in [1.29, 1.82) is 5.26 Å². The van der Waals surface area contributed by atoms with Crippen LogP contribution in [0.1, 0.15) is 46.4 Å². The number of nitrogens with one attached hydrogen (secondary N) is 1. The van der Waals surface area contributed by atoms with Crippen molar-refractivity contribution >= 4 is 5.91 Å². The molecule has 0 radical (unpaired) electrons. The number of halogens is 3. The summed E-state index contributed by atoms with van der Waals surface area (Å²) in [4.78, 5) is 16.2. The summed E-state index contributed by atoms with van der Waals surface area (Å²) in [5, 5.41) is 12.0. The average Bonchev–Trinajstić information content (AvgIpc) is 2.76. The number of carbonyl (C=O) groups excluding carboxylic acids is 1. The Balaban J connectivity index is 1.52. The van der Waals surface area contributed by atoms with Crippen LogP contribution in [0.25, 0.3) is 11.1 Å². The molecule has 1 amide bonds. The summed E-state index contributed by atoms with van der Waals surface area (Å²) < 4.78 is 38.1. The van der Waals surface area contributed by atoms with Crippen molar-refractivity contribution in [3.63, 3.8) is 0 Å². The van der Waals surface area contributed by atoms with Crippen LogP contribution < -0.4 is 5.32 Å². The SMILES string of the molecule is N#Cc1ccc(C(=O)NC2(c3ccc(-c4ccc(C(F)(F)F)nc4)cc3)CCC2)cc1. The van der Waals surface area contributed by atoms with Gasteiger partial charge in [-0.2, -0.15) is 18.4 Å². The number of benzene rings is 2. The quantitative estimate of drug-likeness (QED) is 0.609. The minimum absolute atomic E-state index is 0.208. The van der Waals surface area contributed by atoms with Gasteiger partial charge in [-0.15, -0.1) is 0 Å². The molecule has 0 unspecified atom stereocenters. The summed E-state index contributed by atoms with van der Waals surface area (Å²) in [6, 6.07) is 18.3. The Morgan fingerprint density at radius 1 is 0.968 bits per heavy atom. The molecule has 1 aliphatic rings. The lowest BCUT2D eigenvalue weighted by Crippen LogP contribution is -2.50. The predicted molar refractivity (Wildman–Crippen MR) is 109 cm³/mol. The highest BCUT2D eigenvalue weighted by molar-refractivity contribution is 5.95. The molecular formula is C24H18F3N3O. The van der Waals surface area contributed by atoms with Gasteiger partial charge in [0.15, 0.2) is 0 Å². The Morgan fingerprint density at radius 3 is 2.10 bits per heavy atom. The smallest absolute Gasteiger partial charge is 0.343 e. The second-order valence-corrected chi connectivity index (χ2v) is 7.59. The van der Waals surface area contributed by atoms with E-state index in [4.69, 9.17) is 5.26 Å². The first-order chi connectivity index (χ1) is 14.8. The number of aromatic nitrogens is 1. The van der Waals surface area contributed by atoms with E-state index in [1.807, 2.05) is 30.3 Å². The van der Waals surface area contributed by atoms with Crippen molar-refractivity contribution in [3.05, 3.63) is 89.2 Å². The van der Waals surface area contributed by atoms with Gasteiger partial charge in [0.05, 0.1) is 17.2 Å². The van der Waals surface area contributed by atoms with Gasteiger partial charge in [0.2, 0.25) is 0 Å².